The van der Waals surface area contributed by atoms with Gasteiger partial charge in [-0.05, 0) is 61.3 Å². The molecule has 1 aliphatic carbocycles. The lowest BCUT2D eigenvalue weighted by Crippen LogP contribution is -2.48. The number of piperidine rings is 1. The molecule has 5 rings (SSSR count). The fourth-order valence-electron chi connectivity index (χ4n) is 4.89. The van der Waals surface area contributed by atoms with E-state index < -0.39 is 0 Å². The van der Waals surface area contributed by atoms with Crippen molar-refractivity contribution in [3.05, 3.63) is 65.7 Å². The topological polar surface area (TPSA) is 50.4 Å². The van der Waals surface area contributed by atoms with Crippen molar-refractivity contribution in [3.63, 3.8) is 0 Å². The van der Waals surface area contributed by atoms with Crippen molar-refractivity contribution in [2.75, 3.05) is 0 Å². The first-order valence-corrected chi connectivity index (χ1v) is 10.6. The van der Waals surface area contributed by atoms with Gasteiger partial charge in [0, 0.05) is 24.0 Å². The number of ether oxygens (including phenoxy) is 1. The van der Waals surface area contributed by atoms with Crippen molar-refractivity contribution in [2.45, 2.75) is 62.8 Å². The van der Waals surface area contributed by atoms with E-state index in [4.69, 9.17) is 4.74 Å². The van der Waals surface area contributed by atoms with Crippen molar-refractivity contribution >= 4 is 5.91 Å². The molecular formula is C24H28N2O2. The lowest BCUT2D eigenvalue weighted by atomic mass is 9.99. The van der Waals surface area contributed by atoms with E-state index in [0.29, 0.717) is 30.7 Å². The number of carbonyl (C=O) groups is 1. The maximum atomic E-state index is 12.7. The van der Waals surface area contributed by atoms with Gasteiger partial charge in [-0.15, -0.1) is 0 Å². The van der Waals surface area contributed by atoms with Crippen LogP contribution in [0, 0.1) is 5.92 Å². The standard InChI is InChI=1S/C24H28N2O2/c27-24(26-20-12-18-8-9-19(13-20)25-18)23-14-22(23)17-6-10-21(11-7-17)28-15-16-4-2-1-3-5-16/h1-7,10-11,18-20,22-23,25H,8-9,12-15H2,(H,26,27). The molecule has 4 atom stereocenters. The van der Waals surface area contributed by atoms with Crippen LogP contribution >= 0.6 is 0 Å². The quantitative estimate of drug-likeness (QED) is 0.807. The molecule has 0 radical (unpaired) electrons. The zero-order valence-electron chi connectivity index (χ0n) is 16.1. The summed E-state index contributed by atoms with van der Waals surface area (Å²) in [6, 6.07) is 20.1. The van der Waals surface area contributed by atoms with Crippen LogP contribution < -0.4 is 15.4 Å². The van der Waals surface area contributed by atoms with Crippen molar-refractivity contribution in [3.8, 4) is 5.75 Å². The summed E-state index contributed by atoms with van der Waals surface area (Å²) in [6.07, 6.45) is 5.68. The van der Waals surface area contributed by atoms with Gasteiger partial charge in [0.15, 0.2) is 0 Å². The number of benzene rings is 2. The minimum atomic E-state index is 0.142. The van der Waals surface area contributed by atoms with Gasteiger partial charge in [-0.1, -0.05) is 42.5 Å². The lowest BCUT2D eigenvalue weighted by Gasteiger charge is -2.29. The van der Waals surface area contributed by atoms with E-state index in [1.807, 2.05) is 30.3 Å². The van der Waals surface area contributed by atoms with Gasteiger partial charge in [-0.2, -0.15) is 0 Å². The van der Waals surface area contributed by atoms with Crippen LogP contribution in [-0.2, 0) is 11.4 Å². The highest BCUT2D eigenvalue weighted by atomic mass is 16.5. The highest BCUT2D eigenvalue weighted by Crippen LogP contribution is 2.48. The molecule has 2 N–H and O–H groups in total. The number of hydrogen-bond donors (Lipinski definition) is 2. The van der Waals surface area contributed by atoms with Gasteiger partial charge in [0.25, 0.3) is 0 Å². The first-order valence-electron chi connectivity index (χ1n) is 10.6. The third-order valence-electron chi connectivity index (χ3n) is 6.50. The SMILES string of the molecule is O=C(NC1CC2CCC(C1)N2)C1CC1c1ccc(OCc2ccccc2)cc1. The Balaban J connectivity index is 1.12. The average Bonchev–Trinajstić information content (AvgIpc) is 3.46. The van der Waals surface area contributed by atoms with Crippen LogP contribution in [0.15, 0.2) is 54.6 Å². The number of carbonyl (C=O) groups excluding carboxylic acids is 1. The van der Waals surface area contributed by atoms with Gasteiger partial charge >= 0.3 is 0 Å². The van der Waals surface area contributed by atoms with Crippen molar-refractivity contribution in [1.82, 2.24) is 10.6 Å². The maximum Gasteiger partial charge on any atom is 0.223 e. The third-order valence-corrected chi connectivity index (χ3v) is 6.50. The predicted molar refractivity (Wildman–Crippen MR) is 109 cm³/mol. The summed E-state index contributed by atoms with van der Waals surface area (Å²) in [5.74, 6) is 1.63. The number of nitrogens with one attached hydrogen (secondary N) is 2. The molecule has 3 fully saturated rings. The van der Waals surface area contributed by atoms with Crippen molar-refractivity contribution in [1.29, 1.82) is 0 Å². The highest BCUT2D eigenvalue weighted by molar-refractivity contribution is 5.83. The summed E-state index contributed by atoms with van der Waals surface area (Å²) in [7, 11) is 0. The minimum absolute atomic E-state index is 0.142. The van der Waals surface area contributed by atoms with E-state index in [9.17, 15) is 4.79 Å². The number of amides is 1. The smallest absolute Gasteiger partial charge is 0.223 e. The van der Waals surface area contributed by atoms with Gasteiger partial charge in [0.2, 0.25) is 5.91 Å². The number of rotatable bonds is 6. The lowest BCUT2D eigenvalue weighted by molar-refractivity contribution is -0.123. The molecule has 0 spiro atoms. The van der Waals surface area contributed by atoms with Crippen LogP contribution in [-0.4, -0.2) is 24.0 Å². The molecule has 146 valence electrons. The number of hydrogen-bond acceptors (Lipinski definition) is 3. The summed E-state index contributed by atoms with van der Waals surface area (Å²) in [6.45, 7) is 0.576. The molecule has 28 heavy (non-hydrogen) atoms. The first-order chi connectivity index (χ1) is 13.7. The zero-order chi connectivity index (χ0) is 18.9. The second-order valence-corrected chi connectivity index (χ2v) is 8.61. The monoisotopic (exact) mass is 376 g/mol. The molecule has 4 heteroatoms. The Morgan fingerprint density at radius 3 is 2.39 bits per heavy atom. The van der Waals surface area contributed by atoms with Gasteiger partial charge < -0.3 is 15.4 Å². The fraction of sp³-hybridized carbons (Fsp3) is 0.458. The van der Waals surface area contributed by atoms with E-state index in [1.165, 1.54) is 18.4 Å². The second-order valence-electron chi connectivity index (χ2n) is 8.61. The third kappa shape index (κ3) is 3.93. The Hall–Kier alpha value is -2.33. The van der Waals surface area contributed by atoms with E-state index in [2.05, 4.69) is 34.9 Å². The van der Waals surface area contributed by atoms with E-state index in [1.54, 1.807) is 0 Å². The molecule has 2 aliphatic heterocycles. The first kappa shape index (κ1) is 17.7. The summed E-state index contributed by atoms with van der Waals surface area (Å²) in [5, 5.41) is 6.96. The minimum Gasteiger partial charge on any atom is -0.489 e. The molecule has 2 heterocycles. The molecule has 4 unspecified atom stereocenters. The Labute approximate surface area is 166 Å². The molecule has 3 aliphatic rings. The molecule has 2 bridgehead atoms. The number of fused-ring (bicyclic) bond motifs is 2. The molecular weight excluding hydrogens is 348 g/mol. The van der Waals surface area contributed by atoms with Crippen LogP contribution in [0.3, 0.4) is 0 Å². The molecule has 2 saturated heterocycles. The molecule has 1 amide bonds. The van der Waals surface area contributed by atoms with Crippen molar-refractivity contribution < 1.29 is 9.53 Å². The normalized spacial score (nSPS) is 30.6. The molecule has 2 aromatic rings. The van der Waals surface area contributed by atoms with Crippen LogP contribution in [0.5, 0.6) is 5.75 Å². The van der Waals surface area contributed by atoms with Gasteiger partial charge in [0.1, 0.15) is 12.4 Å². The second kappa shape index (κ2) is 7.59. The zero-order valence-corrected chi connectivity index (χ0v) is 16.1. The summed E-state index contributed by atoms with van der Waals surface area (Å²) in [4.78, 5) is 12.7. The molecule has 1 saturated carbocycles. The van der Waals surface area contributed by atoms with Crippen LogP contribution in [0.2, 0.25) is 0 Å². The maximum absolute atomic E-state index is 12.7. The molecule has 4 nitrogen and oxygen atoms in total. The Bertz CT molecular complexity index is 808. The van der Waals surface area contributed by atoms with Gasteiger partial charge in [-0.25, -0.2) is 0 Å². The Morgan fingerprint density at radius 2 is 1.68 bits per heavy atom. The molecule has 0 aromatic heterocycles. The van der Waals surface area contributed by atoms with E-state index >= 15 is 0 Å². The highest BCUT2D eigenvalue weighted by Gasteiger charge is 2.45. The predicted octanol–water partition coefficient (Wildman–Crippen LogP) is 3.77. The van der Waals surface area contributed by atoms with Gasteiger partial charge in [-0.3, -0.25) is 4.79 Å². The summed E-state index contributed by atoms with van der Waals surface area (Å²) < 4.78 is 5.86. The van der Waals surface area contributed by atoms with E-state index in [-0.39, 0.29) is 11.8 Å². The summed E-state index contributed by atoms with van der Waals surface area (Å²) >= 11 is 0. The van der Waals surface area contributed by atoms with E-state index in [0.717, 1.165) is 30.6 Å². The van der Waals surface area contributed by atoms with Gasteiger partial charge in [0.05, 0.1) is 0 Å². The average molecular weight is 377 g/mol. The summed E-state index contributed by atoms with van der Waals surface area (Å²) in [5.41, 5.74) is 2.41. The van der Waals surface area contributed by atoms with Crippen LogP contribution in [0.25, 0.3) is 0 Å². The Morgan fingerprint density at radius 1 is 0.964 bits per heavy atom. The largest absolute Gasteiger partial charge is 0.489 e. The molecule has 2 aromatic carbocycles. The van der Waals surface area contributed by atoms with Crippen molar-refractivity contribution in [2.24, 2.45) is 5.92 Å². The Kier molecular flexibility index (Phi) is 4.81. The van der Waals surface area contributed by atoms with Crippen LogP contribution in [0.4, 0.5) is 0 Å². The fourth-order valence-corrected chi connectivity index (χ4v) is 4.89. The van der Waals surface area contributed by atoms with Crippen LogP contribution in [0.1, 0.15) is 49.1 Å².